The molecular formula is C14H14O3. The number of aryl methyl sites for hydroxylation is 1. The van der Waals surface area contributed by atoms with E-state index >= 15 is 0 Å². The maximum atomic E-state index is 11.2. The van der Waals surface area contributed by atoms with E-state index in [0.29, 0.717) is 29.1 Å². The van der Waals surface area contributed by atoms with Crippen molar-refractivity contribution in [3.8, 4) is 11.3 Å². The predicted octanol–water partition coefficient (Wildman–Crippen LogP) is 3.52. The van der Waals surface area contributed by atoms with Crippen LogP contribution in [0.5, 0.6) is 0 Å². The van der Waals surface area contributed by atoms with Crippen LogP contribution >= 0.6 is 0 Å². The summed E-state index contributed by atoms with van der Waals surface area (Å²) in [6, 6.07) is 9.56. The molecule has 0 aliphatic heterocycles. The zero-order valence-corrected chi connectivity index (χ0v) is 9.86. The molecule has 0 atom stereocenters. The van der Waals surface area contributed by atoms with Gasteiger partial charge in [-0.1, -0.05) is 37.3 Å². The van der Waals surface area contributed by atoms with Gasteiger partial charge in [0.05, 0.1) is 0 Å². The van der Waals surface area contributed by atoms with E-state index in [-0.39, 0.29) is 0 Å². The van der Waals surface area contributed by atoms with Crippen LogP contribution in [0.15, 0.2) is 34.7 Å². The highest BCUT2D eigenvalue weighted by Gasteiger charge is 2.21. The normalized spacial score (nSPS) is 10.5. The Hall–Kier alpha value is -2.03. The lowest BCUT2D eigenvalue weighted by Gasteiger charge is -1.97. The molecule has 0 unspecified atom stereocenters. The Bertz CT molecular complexity index is 538. The summed E-state index contributed by atoms with van der Waals surface area (Å²) in [5, 5.41) is 9.18. The molecule has 17 heavy (non-hydrogen) atoms. The van der Waals surface area contributed by atoms with Gasteiger partial charge in [-0.2, -0.15) is 0 Å². The zero-order valence-electron chi connectivity index (χ0n) is 9.86. The molecule has 2 aromatic rings. The summed E-state index contributed by atoms with van der Waals surface area (Å²) in [4.78, 5) is 11.2. The van der Waals surface area contributed by atoms with Gasteiger partial charge in [0.1, 0.15) is 17.1 Å². The van der Waals surface area contributed by atoms with E-state index < -0.39 is 5.97 Å². The number of hydrogen-bond donors (Lipinski definition) is 1. The second-order valence-corrected chi connectivity index (χ2v) is 3.88. The topological polar surface area (TPSA) is 50.4 Å². The van der Waals surface area contributed by atoms with Gasteiger partial charge in [-0.05, 0) is 6.92 Å². The number of furan rings is 1. The van der Waals surface area contributed by atoms with Crippen LogP contribution in [-0.2, 0) is 6.42 Å². The number of carboxylic acids is 1. The summed E-state index contributed by atoms with van der Waals surface area (Å²) < 4.78 is 5.66. The molecule has 0 aliphatic rings. The first-order valence-electron chi connectivity index (χ1n) is 5.56. The van der Waals surface area contributed by atoms with Crippen molar-refractivity contribution in [3.05, 3.63) is 47.2 Å². The SMILES string of the molecule is CCc1oc(-c2ccccc2)c(C)c1C(=O)O. The van der Waals surface area contributed by atoms with Crippen LogP contribution in [0.3, 0.4) is 0 Å². The van der Waals surface area contributed by atoms with Crippen molar-refractivity contribution in [3.63, 3.8) is 0 Å². The molecular weight excluding hydrogens is 216 g/mol. The monoisotopic (exact) mass is 230 g/mol. The van der Waals surface area contributed by atoms with Crippen molar-refractivity contribution < 1.29 is 14.3 Å². The van der Waals surface area contributed by atoms with Gasteiger partial charge in [0.25, 0.3) is 0 Å². The van der Waals surface area contributed by atoms with Crippen LogP contribution < -0.4 is 0 Å². The Kier molecular flexibility index (Phi) is 3.00. The fourth-order valence-corrected chi connectivity index (χ4v) is 1.97. The second-order valence-electron chi connectivity index (χ2n) is 3.88. The van der Waals surface area contributed by atoms with E-state index in [1.54, 1.807) is 6.92 Å². The number of carboxylic acid groups (broad SMARTS) is 1. The summed E-state index contributed by atoms with van der Waals surface area (Å²) in [5.74, 6) is 0.263. The van der Waals surface area contributed by atoms with Gasteiger partial charge in [-0.3, -0.25) is 0 Å². The highest BCUT2D eigenvalue weighted by atomic mass is 16.4. The molecule has 3 nitrogen and oxygen atoms in total. The smallest absolute Gasteiger partial charge is 0.339 e. The Labute approximate surface area is 99.7 Å². The van der Waals surface area contributed by atoms with E-state index in [1.165, 1.54) is 0 Å². The average molecular weight is 230 g/mol. The van der Waals surface area contributed by atoms with Crippen molar-refractivity contribution in [1.29, 1.82) is 0 Å². The second kappa shape index (κ2) is 4.45. The Balaban J connectivity index is 2.61. The summed E-state index contributed by atoms with van der Waals surface area (Å²) in [6.07, 6.45) is 0.579. The highest BCUT2D eigenvalue weighted by molar-refractivity contribution is 5.92. The summed E-state index contributed by atoms with van der Waals surface area (Å²) in [6.45, 7) is 3.67. The standard InChI is InChI=1S/C14H14O3/c1-3-11-12(14(15)16)9(2)13(17-11)10-7-5-4-6-8-10/h4-8H,3H2,1-2H3,(H,15,16). The molecule has 88 valence electrons. The van der Waals surface area contributed by atoms with E-state index in [9.17, 15) is 9.90 Å². The molecule has 0 radical (unpaired) electrons. The first-order chi connectivity index (χ1) is 8.15. The fraction of sp³-hybridized carbons (Fsp3) is 0.214. The lowest BCUT2D eigenvalue weighted by atomic mass is 10.0. The van der Waals surface area contributed by atoms with Crippen LogP contribution in [-0.4, -0.2) is 11.1 Å². The quantitative estimate of drug-likeness (QED) is 0.877. The average Bonchev–Trinajstić information content (AvgIpc) is 2.67. The van der Waals surface area contributed by atoms with Crippen molar-refractivity contribution >= 4 is 5.97 Å². The number of hydrogen-bond acceptors (Lipinski definition) is 2. The van der Waals surface area contributed by atoms with Gasteiger partial charge in [0, 0.05) is 17.5 Å². The van der Waals surface area contributed by atoms with Gasteiger partial charge in [-0.15, -0.1) is 0 Å². The van der Waals surface area contributed by atoms with Gasteiger partial charge in [0.2, 0.25) is 0 Å². The maximum absolute atomic E-state index is 11.2. The van der Waals surface area contributed by atoms with Crippen molar-refractivity contribution in [1.82, 2.24) is 0 Å². The summed E-state index contributed by atoms with van der Waals surface area (Å²) >= 11 is 0. The van der Waals surface area contributed by atoms with Gasteiger partial charge in [-0.25, -0.2) is 4.79 Å². The Morgan fingerprint density at radius 3 is 2.41 bits per heavy atom. The number of benzene rings is 1. The van der Waals surface area contributed by atoms with Crippen LogP contribution in [0.1, 0.15) is 28.6 Å². The molecule has 0 aliphatic carbocycles. The minimum atomic E-state index is -0.926. The highest BCUT2D eigenvalue weighted by Crippen LogP contribution is 2.31. The molecule has 1 heterocycles. The third kappa shape index (κ3) is 1.96. The van der Waals surface area contributed by atoms with Gasteiger partial charge < -0.3 is 9.52 Å². The largest absolute Gasteiger partial charge is 0.478 e. The van der Waals surface area contributed by atoms with Crippen LogP contribution in [0.25, 0.3) is 11.3 Å². The third-order valence-electron chi connectivity index (χ3n) is 2.79. The van der Waals surface area contributed by atoms with Crippen LogP contribution in [0.4, 0.5) is 0 Å². The number of carbonyl (C=O) groups is 1. The molecule has 3 heteroatoms. The number of rotatable bonds is 3. The summed E-state index contributed by atoms with van der Waals surface area (Å²) in [7, 11) is 0. The Morgan fingerprint density at radius 2 is 1.94 bits per heavy atom. The molecule has 0 fully saturated rings. The predicted molar refractivity (Wildman–Crippen MR) is 65.2 cm³/mol. The molecule has 1 N–H and O–H groups in total. The minimum Gasteiger partial charge on any atom is -0.478 e. The molecule has 0 bridgehead atoms. The van der Waals surface area contributed by atoms with E-state index in [4.69, 9.17) is 4.42 Å². The third-order valence-corrected chi connectivity index (χ3v) is 2.79. The van der Waals surface area contributed by atoms with Gasteiger partial charge in [0.15, 0.2) is 0 Å². The number of aromatic carboxylic acids is 1. The first-order valence-corrected chi connectivity index (χ1v) is 5.56. The zero-order chi connectivity index (χ0) is 12.4. The maximum Gasteiger partial charge on any atom is 0.339 e. The fourth-order valence-electron chi connectivity index (χ4n) is 1.97. The van der Waals surface area contributed by atoms with E-state index in [0.717, 1.165) is 5.56 Å². The van der Waals surface area contributed by atoms with Crippen LogP contribution in [0, 0.1) is 6.92 Å². The van der Waals surface area contributed by atoms with Crippen LogP contribution in [0.2, 0.25) is 0 Å². The first kappa shape index (κ1) is 11.5. The van der Waals surface area contributed by atoms with Crippen molar-refractivity contribution in [2.45, 2.75) is 20.3 Å². The molecule has 2 rings (SSSR count). The molecule has 0 amide bonds. The van der Waals surface area contributed by atoms with Crippen molar-refractivity contribution in [2.24, 2.45) is 0 Å². The van der Waals surface area contributed by atoms with Gasteiger partial charge >= 0.3 is 5.97 Å². The molecule has 0 saturated heterocycles. The van der Waals surface area contributed by atoms with Crippen molar-refractivity contribution in [2.75, 3.05) is 0 Å². The van der Waals surface area contributed by atoms with E-state index in [2.05, 4.69) is 0 Å². The van der Waals surface area contributed by atoms with E-state index in [1.807, 2.05) is 37.3 Å². The molecule has 1 aromatic heterocycles. The molecule has 0 saturated carbocycles. The Morgan fingerprint density at radius 1 is 1.29 bits per heavy atom. The minimum absolute atomic E-state index is 0.298. The molecule has 1 aromatic carbocycles. The molecule has 0 spiro atoms. The lowest BCUT2D eigenvalue weighted by molar-refractivity contribution is 0.0694. The lowest BCUT2D eigenvalue weighted by Crippen LogP contribution is -2.00. The summed E-state index contributed by atoms with van der Waals surface area (Å²) in [5.41, 5.74) is 1.90.